The number of hydrogen-bond donors (Lipinski definition) is 0. The minimum atomic E-state index is -0.217. The lowest BCUT2D eigenvalue weighted by atomic mass is 10.2. The van der Waals surface area contributed by atoms with Crippen molar-refractivity contribution in [2.75, 3.05) is 31.1 Å². The number of piperazine rings is 1. The average molecular weight is 298 g/mol. The fourth-order valence-corrected chi connectivity index (χ4v) is 2.58. The van der Waals surface area contributed by atoms with Gasteiger partial charge in [-0.2, -0.15) is 5.10 Å². The second-order valence-corrected chi connectivity index (χ2v) is 5.30. The van der Waals surface area contributed by atoms with E-state index >= 15 is 0 Å². The first-order chi connectivity index (χ1) is 10.6. The van der Waals surface area contributed by atoms with Crippen molar-refractivity contribution >= 4 is 11.6 Å². The number of aryl methyl sites for hydroxylation is 1. The van der Waals surface area contributed by atoms with Crippen LogP contribution in [0.2, 0.25) is 0 Å². The lowest BCUT2D eigenvalue weighted by molar-refractivity contribution is 0.0738. The first-order valence-corrected chi connectivity index (χ1v) is 7.29. The second-order valence-electron chi connectivity index (χ2n) is 5.30. The van der Waals surface area contributed by atoms with E-state index in [9.17, 15) is 9.59 Å². The Labute approximate surface area is 128 Å². The van der Waals surface area contributed by atoms with Gasteiger partial charge in [0.05, 0.1) is 0 Å². The molecule has 2 heterocycles. The standard InChI is InChI=1S/C16H18N4O2/c1-18-15(21)8-7-14(17-18)16(22)20-11-9-19(10-12-20)13-5-3-2-4-6-13/h2-8H,9-12H2,1H3. The number of para-hydroxylation sites is 1. The average Bonchev–Trinajstić information content (AvgIpc) is 2.58. The Hall–Kier alpha value is -2.63. The number of anilines is 1. The third-order valence-electron chi connectivity index (χ3n) is 3.87. The van der Waals surface area contributed by atoms with Crippen molar-refractivity contribution < 1.29 is 4.79 Å². The van der Waals surface area contributed by atoms with Gasteiger partial charge >= 0.3 is 0 Å². The summed E-state index contributed by atoms with van der Waals surface area (Å²) in [5, 5.41) is 4.02. The zero-order chi connectivity index (χ0) is 15.5. The maximum atomic E-state index is 12.4. The lowest BCUT2D eigenvalue weighted by Crippen LogP contribution is -2.49. The SMILES string of the molecule is Cn1nc(C(=O)N2CCN(c3ccccc3)CC2)ccc1=O. The highest BCUT2D eigenvalue weighted by atomic mass is 16.2. The number of rotatable bonds is 2. The second kappa shape index (κ2) is 6.01. The van der Waals surface area contributed by atoms with Crippen molar-refractivity contribution in [3.63, 3.8) is 0 Å². The Kier molecular flexibility index (Phi) is 3.91. The molecule has 6 heteroatoms. The smallest absolute Gasteiger partial charge is 0.274 e. The van der Waals surface area contributed by atoms with Gasteiger partial charge in [0.15, 0.2) is 0 Å². The zero-order valence-corrected chi connectivity index (χ0v) is 12.5. The molecule has 1 aliphatic rings. The Morgan fingerprint density at radius 1 is 1.00 bits per heavy atom. The number of hydrogen-bond acceptors (Lipinski definition) is 4. The summed E-state index contributed by atoms with van der Waals surface area (Å²) in [5.41, 5.74) is 1.27. The number of nitrogens with zero attached hydrogens (tertiary/aromatic N) is 4. The summed E-state index contributed by atoms with van der Waals surface area (Å²) in [6, 6.07) is 13.0. The molecule has 0 unspecified atom stereocenters. The normalized spacial score (nSPS) is 15.0. The van der Waals surface area contributed by atoms with Crippen LogP contribution in [-0.4, -0.2) is 46.8 Å². The third kappa shape index (κ3) is 2.86. The molecule has 0 bridgehead atoms. The van der Waals surface area contributed by atoms with Crippen LogP contribution in [-0.2, 0) is 7.05 Å². The van der Waals surface area contributed by atoms with Crippen LogP contribution in [0.25, 0.3) is 0 Å². The van der Waals surface area contributed by atoms with Crippen molar-refractivity contribution in [3.05, 3.63) is 58.5 Å². The van der Waals surface area contributed by atoms with Crippen LogP contribution in [0.1, 0.15) is 10.5 Å². The molecule has 1 fully saturated rings. The number of carbonyl (C=O) groups is 1. The van der Waals surface area contributed by atoms with Crippen molar-refractivity contribution in [3.8, 4) is 0 Å². The largest absolute Gasteiger partial charge is 0.368 e. The van der Waals surface area contributed by atoms with Crippen LogP contribution in [0.15, 0.2) is 47.3 Å². The van der Waals surface area contributed by atoms with Crippen molar-refractivity contribution in [2.45, 2.75) is 0 Å². The lowest BCUT2D eigenvalue weighted by Gasteiger charge is -2.35. The predicted molar refractivity (Wildman–Crippen MR) is 84.0 cm³/mol. The van der Waals surface area contributed by atoms with E-state index in [4.69, 9.17) is 0 Å². The van der Waals surface area contributed by atoms with Gasteiger partial charge in [-0.05, 0) is 18.2 Å². The predicted octanol–water partition coefficient (Wildman–Crippen LogP) is 0.743. The molecule has 2 aromatic rings. The first kappa shape index (κ1) is 14.3. The molecule has 0 atom stereocenters. The summed E-state index contributed by atoms with van der Waals surface area (Å²) in [5.74, 6) is -0.122. The fraction of sp³-hybridized carbons (Fsp3) is 0.312. The van der Waals surface area contributed by atoms with Crippen LogP contribution in [0.3, 0.4) is 0 Å². The van der Waals surface area contributed by atoms with Crippen LogP contribution in [0.4, 0.5) is 5.69 Å². The van der Waals surface area contributed by atoms with Gasteiger partial charge in [-0.15, -0.1) is 0 Å². The molecule has 0 spiro atoms. The molecule has 1 amide bonds. The number of carbonyl (C=O) groups excluding carboxylic acids is 1. The number of benzene rings is 1. The van der Waals surface area contributed by atoms with E-state index in [0.717, 1.165) is 13.1 Å². The molecule has 0 saturated carbocycles. The molecule has 0 radical (unpaired) electrons. The third-order valence-corrected chi connectivity index (χ3v) is 3.87. The molecular formula is C16H18N4O2. The highest BCUT2D eigenvalue weighted by Crippen LogP contribution is 2.16. The van der Waals surface area contributed by atoms with E-state index < -0.39 is 0 Å². The Balaban J connectivity index is 1.67. The van der Waals surface area contributed by atoms with E-state index in [1.54, 1.807) is 11.9 Å². The Morgan fingerprint density at radius 2 is 1.68 bits per heavy atom. The summed E-state index contributed by atoms with van der Waals surface area (Å²) in [6.07, 6.45) is 0. The van der Waals surface area contributed by atoms with Gasteiger partial charge in [-0.1, -0.05) is 18.2 Å². The Morgan fingerprint density at radius 3 is 2.32 bits per heavy atom. The molecule has 1 aromatic carbocycles. The van der Waals surface area contributed by atoms with E-state index in [1.807, 2.05) is 18.2 Å². The van der Waals surface area contributed by atoms with Crippen LogP contribution >= 0.6 is 0 Å². The van der Waals surface area contributed by atoms with Crippen molar-refractivity contribution in [1.29, 1.82) is 0 Å². The summed E-state index contributed by atoms with van der Waals surface area (Å²) in [6.45, 7) is 2.89. The number of amides is 1. The Bertz CT molecular complexity index is 718. The molecule has 3 rings (SSSR count). The molecule has 114 valence electrons. The van der Waals surface area contributed by atoms with Crippen molar-refractivity contribution in [2.24, 2.45) is 7.05 Å². The molecule has 1 saturated heterocycles. The highest BCUT2D eigenvalue weighted by molar-refractivity contribution is 5.92. The van der Waals surface area contributed by atoms with Crippen LogP contribution in [0, 0.1) is 0 Å². The fourth-order valence-electron chi connectivity index (χ4n) is 2.58. The van der Waals surface area contributed by atoms with Crippen molar-refractivity contribution in [1.82, 2.24) is 14.7 Å². The van der Waals surface area contributed by atoms with Gasteiger partial charge in [0.1, 0.15) is 5.69 Å². The minimum Gasteiger partial charge on any atom is -0.368 e. The minimum absolute atomic E-state index is 0.122. The summed E-state index contributed by atoms with van der Waals surface area (Å²) in [7, 11) is 1.55. The molecular weight excluding hydrogens is 280 g/mol. The van der Waals surface area contributed by atoms with Gasteiger partial charge in [0.25, 0.3) is 11.5 Å². The zero-order valence-electron chi connectivity index (χ0n) is 12.5. The van der Waals surface area contributed by atoms with E-state index in [-0.39, 0.29) is 11.5 Å². The topological polar surface area (TPSA) is 58.4 Å². The molecule has 1 aliphatic heterocycles. The van der Waals surface area contributed by atoms with Gasteiger partial charge in [-0.25, -0.2) is 4.68 Å². The number of aromatic nitrogens is 2. The molecule has 0 aliphatic carbocycles. The first-order valence-electron chi connectivity index (χ1n) is 7.29. The van der Waals surface area contributed by atoms with Gasteiger partial charge < -0.3 is 9.80 Å². The van der Waals surface area contributed by atoms with Gasteiger partial charge in [0.2, 0.25) is 0 Å². The summed E-state index contributed by atoms with van der Waals surface area (Å²) >= 11 is 0. The van der Waals surface area contributed by atoms with E-state index in [2.05, 4.69) is 22.1 Å². The molecule has 22 heavy (non-hydrogen) atoms. The molecule has 1 aromatic heterocycles. The van der Waals surface area contributed by atoms with E-state index in [0.29, 0.717) is 18.8 Å². The van der Waals surface area contributed by atoms with Crippen LogP contribution < -0.4 is 10.5 Å². The highest BCUT2D eigenvalue weighted by Gasteiger charge is 2.23. The quantitative estimate of drug-likeness (QED) is 0.820. The van der Waals surface area contributed by atoms with E-state index in [1.165, 1.54) is 22.5 Å². The summed E-state index contributed by atoms with van der Waals surface area (Å²) < 4.78 is 1.19. The maximum Gasteiger partial charge on any atom is 0.274 e. The molecule has 6 nitrogen and oxygen atoms in total. The van der Waals surface area contributed by atoms with Crippen LogP contribution in [0.5, 0.6) is 0 Å². The molecule has 0 N–H and O–H groups in total. The monoisotopic (exact) mass is 298 g/mol. The maximum absolute atomic E-state index is 12.4. The van der Waals surface area contributed by atoms with Gasteiger partial charge in [0, 0.05) is 45.0 Å². The summed E-state index contributed by atoms with van der Waals surface area (Å²) in [4.78, 5) is 27.8. The van der Waals surface area contributed by atoms with Gasteiger partial charge in [-0.3, -0.25) is 9.59 Å².